The van der Waals surface area contributed by atoms with Crippen molar-refractivity contribution < 1.29 is 8.42 Å². The van der Waals surface area contributed by atoms with E-state index < -0.39 is 10.0 Å². The third-order valence-electron chi connectivity index (χ3n) is 4.69. The smallest absolute Gasteiger partial charge is 0.211 e. The van der Waals surface area contributed by atoms with Crippen molar-refractivity contribution in [2.75, 3.05) is 46.0 Å². The average Bonchev–Trinajstić information content (AvgIpc) is 2.40. The zero-order valence-corrected chi connectivity index (χ0v) is 13.7. The van der Waals surface area contributed by atoms with E-state index in [0.29, 0.717) is 25.0 Å². The van der Waals surface area contributed by atoms with Crippen molar-refractivity contribution in [3.05, 3.63) is 0 Å². The second-order valence-corrected chi connectivity index (χ2v) is 8.40. The first-order valence-electron chi connectivity index (χ1n) is 7.83. The summed E-state index contributed by atoms with van der Waals surface area (Å²) < 4.78 is 24.8. The molecule has 0 saturated carbocycles. The van der Waals surface area contributed by atoms with Crippen LogP contribution in [0.5, 0.6) is 0 Å². The lowest BCUT2D eigenvalue weighted by Crippen LogP contribution is -2.46. The fraction of sp³-hybridized carbons (Fsp3) is 1.00. The number of nitrogens with zero attached hydrogens (tertiary/aromatic N) is 2. The van der Waals surface area contributed by atoms with Crippen LogP contribution in [0.15, 0.2) is 0 Å². The maximum absolute atomic E-state index is 11.6. The Morgan fingerprint density at radius 1 is 1.10 bits per heavy atom. The van der Waals surface area contributed by atoms with Crippen molar-refractivity contribution in [3.8, 4) is 0 Å². The van der Waals surface area contributed by atoms with E-state index in [4.69, 9.17) is 0 Å². The Morgan fingerprint density at radius 3 is 2.60 bits per heavy atom. The predicted molar refractivity (Wildman–Crippen MR) is 82.3 cm³/mol. The van der Waals surface area contributed by atoms with E-state index in [2.05, 4.69) is 17.3 Å². The lowest BCUT2D eigenvalue weighted by Gasteiger charge is -2.34. The largest absolute Gasteiger partial charge is 0.315 e. The van der Waals surface area contributed by atoms with Crippen LogP contribution in [0.1, 0.15) is 32.1 Å². The summed E-state index contributed by atoms with van der Waals surface area (Å²) >= 11 is 0. The van der Waals surface area contributed by atoms with Crippen LogP contribution in [-0.2, 0) is 10.0 Å². The molecule has 20 heavy (non-hydrogen) atoms. The average molecular weight is 303 g/mol. The van der Waals surface area contributed by atoms with Gasteiger partial charge in [0.05, 0.1) is 6.26 Å². The Bertz CT molecular complexity index is 399. The van der Waals surface area contributed by atoms with E-state index >= 15 is 0 Å². The molecule has 0 aromatic carbocycles. The van der Waals surface area contributed by atoms with E-state index in [1.165, 1.54) is 32.1 Å². The fourth-order valence-electron chi connectivity index (χ4n) is 3.35. The maximum Gasteiger partial charge on any atom is 0.211 e. The number of piperidine rings is 2. The molecule has 0 radical (unpaired) electrons. The predicted octanol–water partition coefficient (Wildman–Crippen LogP) is 0.732. The van der Waals surface area contributed by atoms with Crippen LogP contribution in [0.3, 0.4) is 0 Å². The van der Waals surface area contributed by atoms with Crippen molar-refractivity contribution in [1.82, 2.24) is 14.5 Å². The molecule has 0 bridgehead atoms. The van der Waals surface area contributed by atoms with Gasteiger partial charge in [0, 0.05) is 25.7 Å². The quantitative estimate of drug-likeness (QED) is 0.814. The molecule has 0 aromatic heterocycles. The Morgan fingerprint density at radius 2 is 1.90 bits per heavy atom. The van der Waals surface area contributed by atoms with Crippen molar-refractivity contribution >= 4 is 10.0 Å². The van der Waals surface area contributed by atoms with Gasteiger partial charge >= 0.3 is 0 Å². The third-order valence-corrected chi connectivity index (χ3v) is 5.95. The molecule has 118 valence electrons. The normalized spacial score (nSPS) is 30.5. The van der Waals surface area contributed by atoms with E-state index in [1.807, 2.05) is 0 Å². The molecular formula is C14H29N3O2S. The molecule has 0 spiro atoms. The summed E-state index contributed by atoms with van der Waals surface area (Å²) in [7, 11) is -0.810. The Balaban J connectivity index is 1.71. The van der Waals surface area contributed by atoms with Crippen LogP contribution < -0.4 is 5.32 Å². The van der Waals surface area contributed by atoms with Gasteiger partial charge in [-0.15, -0.1) is 0 Å². The first kappa shape index (κ1) is 16.2. The molecule has 2 aliphatic heterocycles. The van der Waals surface area contributed by atoms with E-state index in [1.54, 1.807) is 4.31 Å². The minimum atomic E-state index is -3.02. The highest BCUT2D eigenvalue weighted by Gasteiger charge is 2.26. The second-order valence-electron chi connectivity index (χ2n) is 6.42. The van der Waals surface area contributed by atoms with Gasteiger partial charge in [-0.2, -0.15) is 0 Å². The van der Waals surface area contributed by atoms with Gasteiger partial charge in [-0.3, -0.25) is 0 Å². The molecule has 5 nitrogen and oxygen atoms in total. The van der Waals surface area contributed by atoms with Crippen LogP contribution in [0.2, 0.25) is 0 Å². The lowest BCUT2D eigenvalue weighted by atomic mass is 9.99. The highest BCUT2D eigenvalue weighted by Crippen LogP contribution is 2.18. The SMILES string of the molecule is CN1CCCCC1CNCC1CCCN(S(C)(=O)=O)C1. The molecule has 6 heteroatoms. The number of nitrogens with one attached hydrogen (secondary N) is 1. The molecule has 2 aliphatic rings. The molecule has 0 aliphatic carbocycles. The number of sulfonamides is 1. The van der Waals surface area contributed by atoms with Gasteiger partial charge in [-0.05, 0) is 51.7 Å². The first-order chi connectivity index (χ1) is 9.47. The van der Waals surface area contributed by atoms with Crippen LogP contribution in [0.25, 0.3) is 0 Å². The van der Waals surface area contributed by atoms with E-state index in [0.717, 1.165) is 25.9 Å². The first-order valence-corrected chi connectivity index (χ1v) is 9.67. The number of likely N-dealkylation sites (N-methyl/N-ethyl adjacent to an activating group) is 1. The van der Waals surface area contributed by atoms with Crippen molar-refractivity contribution in [3.63, 3.8) is 0 Å². The molecule has 2 saturated heterocycles. The minimum absolute atomic E-state index is 0.465. The Labute approximate surface area is 123 Å². The highest BCUT2D eigenvalue weighted by atomic mass is 32.2. The summed E-state index contributed by atoms with van der Waals surface area (Å²) in [6.07, 6.45) is 7.38. The fourth-order valence-corrected chi connectivity index (χ4v) is 4.29. The molecule has 2 heterocycles. The van der Waals surface area contributed by atoms with Gasteiger partial charge in [0.1, 0.15) is 0 Å². The highest BCUT2D eigenvalue weighted by molar-refractivity contribution is 7.88. The summed E-state index contributed by atoms with van der Waals surface area (Å²) in [6.45, 7) is 4.56. The van der Waals surface area contributed by atoms with E-state index in [9.17, 15) is 8.42 Å². The summed E-state index contributed by atoms with van der Waals surface area (Å²) in [4.78, 5) is 2.44. The van der Waals surface area contributed by atoms with Crippen molar-refractivity contribution in [2.45, 2.75) is 38.1 Å². The molecule has 0 amide bonds. The van der Waals surface area contributed by atoms with Gasteiger partial charge in [0.15, 0.2) is 0 Å². The topological polar surface area (TPSA) is 52.6 Å². The van der Waals surface area contributed by atoms with Crippen LogP contribution in [0, 0.1) is 5.92 Å². The van der Waals surface area contributed by atoms with Crippen LogP contribution in [-0.4, -0.2) is 69.7 Å². The molecule has 0 aromatic rings. The maximum atomic E-state index is 11.6. The summed E-state index contributed by atoms with van der Waals surface area (Å²) in [6, 6.07) is 0.651. The molecule has 2 atom stereocenters. The molecule has 2 rings (SSSR count). The van der Waals surface area contributed by atoms with Gasteiger partial charge in [0.25, 0.3) is 0 Å². The van der Waals surface area contributed by atoms with E-state index in [-0.39, 0.29) is 0 Å². The zero-order chi connectivity index (χ0) is 14.6. The molecular weight excluding hydrogens is 274 g/mol. The monoisotopic (exact) mass is 303 g/mol. The standard InChI is InChI=1S/C14H29N3O2S/c1-16-8-4-3-7-14(16)11-15-10-13-6-5-9-17(12-13)20(2,18)19/h13-15H,3-12H2,1-2H3. The van der Waals surface area contributed by atoms with Gasteiger partial charge in [-0.25, -0.2) is 12.7 Å². The molecule has 2 unspecified atom stereocenters. The number of likely N-dealkylation sites (tertiary alicyclic amines) is 1. The van der Waals surface area contributed by atoms with Crippen molar-refractivity contribution in [1.29, 1.82) is 0 Å². The minimum Gasteiger partial charge on any atom is -0.315 e. The summed E-state index contributed by atoms with van der Waals surface area (Å²) in [5.41, 5.74) is 0. The van der Waals surface area contributed by atoms with Gasteiger partial charge < -0.3 is 10.2 Å². The number of hydrogen-bond acceptors (Lipinski definition) is 4. The zero-order valence-electron chi connectivity index (χ0n) is 12.8. The summed E-state index contributed by atoms with van der Waals surface area (Å²) in [5.74, 6) is 0.465. The molecule has 1 N–H and O–H groups in total. The Kier molecular flexibility index (Phi) is 5.84. The third kappa shape index (κ3) is 4.69. The second kappa shape index (κ2) is 7.20. The lowest BCUT2D eigenvalue weighted by molar-refractivity contribution is 0.176. The summed E-state index contributed by atoms with van der Waals surface area (Å²) in [5, 5.41) is 3.56. The van der Waals surface area contributed by atoms with Gasteiger partial charge in [-0.1, -0.05) is 6.42 Å². The van der Waals surface area contributed by atoms with Crippen LogP contribution >= 0.6 is 0 Å². The van der Waals surface area contributed by atoms with Crippen molar-refractivity contribution in [2.24, 2.45) is 5.92 Å². The number of hydrogen-bond donors (Lipinski definition) is 1. The van der Waals surface area contributed by atoms with Gasteiger partial charge in [0.2, 0.25) is 10.0 Å². The molecule has 2 fully saturated rings. The number of rotatable bonds is 5. The van der Waals surface area contributed by atoms with Crippen LogP contribution in [0.4, 0.5) is 0 Å². The Hall–Kier alpha value is -0.170.